The molecule has 0 saturated heterocycles. The van der Waals surface area contributed by atoms with Crippen LogP contribution in [-0.2, 0) is 4.74 Å². The maximum absolute atomic E-state index is 10.9. The van der Waals surface area contributed by atoms with E-state index in [1.165, 1.54) is 0 Å². The van der Waals surface area contributed by atoms with Crippen molar-refractivity contribution in [2.45, 2.75) is 70.5 Å². The molecule has 0 bridgehead atoms. The molecule has 112 valence electrons. The zero-order chi connectivity index (χ0) is 14.4. The van der Waals surface area contributed by atoms with Gasteiger partial charge in [0.15, 0.2) is 0 Å². The molecule has 0 heterocycles. The van der Waals surface area contributed by atoms with Gasteiger partial charge in [-0.2, -0.15) is 11.8 Å². The van der Waals surface area contributed by atoms with Crippen LogP contribution < -0.4 is 5.32 Å². The Morgan fingerprint density at radius 1 is 1.37 bits per heavy atom. The van der Waals surface area contributed by atoms with Crippen molar-refractivity contribution in [2.24, 2.45) is 5.92 Å². The van der Waals surface area contributed by atoms with Crippen LogP contribution >= 0.6 is 11.8 Å². The maximum atomic E-state index is 10.9. The Hall–Kier alpha value is -0.420. The van der Waals surface area contributed by atoms with Crippen LogP contribution in [-0.4, -0.2) is 40.5 Å². The van der Waals surface area contributed by atoms with Crippen LogP contribution in [0.1, 0.15) is 47.0 Å². The van der Waals surface area contributed by atoms with E-state index in [0.29, 0.717) is 11.2 Å². The summed E-state index contributed by atoms with van der Waals surface area (Å²) in [6.45, 7) is 8.46. The van der Waals surface area contributed by atoms with E-state index in [-0.39, 0.29) is 18.2 Å². The summed E-state index contributed by atoms with van der Waals surface area (Å²) in [6.07, 6.45) is 2.41. The summed E-state index contributed by atoms with van der Waals surface area (Å²) in [5.41, 5.74) is 0. The maximum Gasteiger partial charge on any atom is 0.404 e. The van der Waals surface area contributed by atoms with Crippen LogP contribution in [0.25, 0.3) is 0 Å². The van der Waals surface area contributed by atoms with Gasteiger partial charge >= 0.3 is 6.09 Å². The number of carbonyl (C=O) groups is 1. The molecule has 0 aromatic heterocycles. The molecule has 0 aliphatic heterocycles. The first-order valence-corrected chi connectivity index (χ1v) is 8.19. The molecule has 0 spiro atoms. The highest BCUT2D eigenvalue weighted by molar-refractivity contribution is 7.99. The van der Waals surface area contributed by atoms with Crippen molar-refractivity contribution in [3.05, 3.63) is 0 Å². The fourth-order valence-corrected chi connectivity index (χ4v) is 3.58. The first-order valence-electron chi connectivity index (χ1n) is 7.15. The summed E-state index contributed by atoms with van der Waals surface area (Å²) in [5.74, 6) is 1.38. The van der Waals surface area contributed by atoms with Crippen molar-refractivity contribution in [3.63, 3.8) is 0 Å². The average Bonchev–Trinajstić information content (AvgIpc) is 2.27. The van der Waals surface area contributed by atoms with Crippen molar-refractivity contribution in [1.82, 2.24) is 5.32 Å². The number of amides is 1. The lowest BCUT2D eigenvalue weighted by Gasteiger charge is -2.36. The number of carboxylic acid groups (broad SMARTS) is 1. The van der Waals surface area contributed by atoms with Gasteiger partial charge in [-0.05, 0) is 50.0 Å². The molecule has 1 fully saturated rings. The zero-order valence-corrected chi connectivity index (χ0v) is 13.2. The lowest BCUT2D eigenvalue weighted by Crippen LogP contribution is -2.46. The first-order chi connectivity index (χ1) is 8.88. The van der Waals surface area contributed by atoms with E-state index in [2.05, 4.69) is 33.0 Å². The highest BCUT2D eigenvalue weighted by Crippen LogP contribution is 2.31. The highest BCUT2D eigenvalue weighted by Gasteiger charge is 2.32. The Morgan fingerprint density at radius 2 is 2.05 bits per heavy atom. The predicted octanol–water partition coefficient (Wildman–Crippen LogP) is 3.36. The quantitative estimate of drug-likeness (QED) is 0.787. The van der Waals surface area contributed by atoms with E-state index in [0.717, 1.165) is 25.0 Å². The molecule has 0 aromatic carbocycles. The number of ether oxygens (including phenoxy) is 1. The second kappa shape index (κ2) is 8.00. The van der Waals surface area contributed by atoms with Crippen molar-refractivity contribution in [2.75, 3.05) is 5.75 Å². The Balaban J connectivity index is 2.54. The Bertz CT molecular complexity index is 284. The summed E-state index contributed by atoms with van der Waals surface area (Å²) in [6, 6.07) is 0.0794. The summed E-state index contributed by atoms with van der Waals surface area (Å²) < 4.78 is 5.90. The van der Waals surface area contributed by atoms with Crippen LogP contribution in [0.2, 0.25) is 0 Å². The molecule has 1 unspecified atom stereocenters. The smallest absolute Gasteiger partial charge is 0.404 e. The molecule has 1 aliphatic carbocycles. The Morgan fingerprint density at radius 3 is 2.58 bits per heavy atom. The van der Waals surface area contributed by atoms with Crippen LogP contribution in [0.3, 0.4) is 0 Å². The van der Waals surface area contributed by atoms with E-state index in [9.17, 15) is 4.79 Å². The van der Waals surface area contributed by atoms with E-state index in [1.807, 2.05) is 11.8 Å². The number of thioether (sulfide) groups is 1. The molecule has 19 heavy (non-hydrogen) atoms. The second-order valence-electron chi connectivity index (χ2n) is 5.82. The predicted molar refractivity (Wildman–Crippen MR) is 79.9 cm³/mol. The fourth-order valence-electron chi connectivity index (χ4n) is 2.58. The average molecular weight is 289 g/mol. The van der Waals surface area contributed by atoms with E-state index < -0.39 is 6.09 Å². The molecule has 1 rings (SSSR count). The molecule has 4 nitrogen and oxygen atoms in total. The fraction of sp³-hybridized carbons (Fsp3) is 0.929. The van der Waals surface area contributed by atoms with Crippen molar-refractivity contribution < 1.29 is 14.6 Å². The summed E-state index contributed by atoms with van der Waals surface area (Å²) in [7, 11) is 0. The third kappa shape index (κ3) is 6.52. The summed E-state index contributed by atoms with van der Waals surface area (Å²) in [4.78, 5) is 10.9. The molecule has 0 aromatic rings. The van der Waals surface area contributed by atoms with Gasteiger partial charge in [-0.1, -0.05) is 13.8 Å². The van der Waals surface area contributed by atoms with Gasteiger partial charge in [-0.25, -0.2) is 4.79 Å². The number of rotatable bonds is 6. The topological polar surface area (TPSA) is 58.6 Å². The normalized spacial score (nSPS) is 27.8. The van der Waals surface area contributed by atoms with Gasteiger partial charge in [-0.3, -0.25) is 0 Å². The monoisotopic (exact) mass is 289 g/mol. The summed E-state index contributed by atoms with van der Waals surface area (Å²) in [5, 5.41) is 12.2. The van der Waals surface area contributed by atoms with Crippen LogP contribution in [0.4, 0.5) is 4.79 Å². The number of hydrogen-bond donors (Lipinski definition) is 2. The van der Waals surface area contributed by atoms with Gasteiger partial charge in [0.2, 0.25) is 0 Å². The third-order valence-corrected chi connectivity index (χ3v) is 4.64. The first kappa shape index (κ1) is 16.6. The minimum absolute atomic E-state index is 0.0794. The molecule has 5 heteroatoms. The lowest BCUT2D eigenvalue weighted by atomic mass is 9.84. The van der Waals surface area contributed by atoms with E-state index >= 15 is 0 Å². The van der Waals surface area contributed by atoms with E-state index in [4.69, 9.17) is 9.84 Å². The minimum atomic E-state index is -0.909. The SMILES string of the molecule is CC(C)OC1CC[C@H](NC(=O)O)[C@H](CSC(C)C)C1. The van der Waals surface area contributed by atoms with Crippen molar-refractivity contribution in [1.29, 1.82) is 0 Å². The molecule has 1 amide bonds. The molecule has 1 aliphatic rings. The van der Waals surface area contributed by atoms with Gasteiger partial charge < -0.3 is 15.2 Å². The molecule has 3 atom stereocenters. The zero-order valence-electron chi connectivity index (χ0n) is 12.4. The largest absolute Gasteiger partial charge is 0.465 e. The van der Waals surface area contributed by atoms with Crippen molar-refractivity contribution >= 4 is 17.9 Å². The standard InChI is InChI=1S/C14H27NO3S/c1-9(2)18-12-5-6-13(15-14(16)17)11(7-12)8-19-10(3)4/h9-13,15H,5-8H2,1-4H3,(H,16,17)/t11-,12?,13-/m0/s1. The van der Waals surface area contributed by atoms with Crippen LogP contribution in [0, 0.1) is 5.92 Å². The molecular weight excluding hydrogens is 262 g/mol. The molecule has 0 radical (unpaired) electrons. The van der Waals surface area contributed by atoms with Gasteiger partial charge in [0, 0.05) is 6.04 Å². The number of hydrogen-bond acceptors (Lipinski definition) is 3. The Kier molecular flexibility index (Phi) is 7.00. The van der Waals surface area contributed by atoms with Gasteiger partial charge in [-0.15, -0.1) is 0 Å². The van der Waals surface area contributed by atoms with Crippen LogP contribution in [0.15, 0.2) is 0 Å². The van der Waals surface area contributed by atoms with Gasteiger partial charge in [0.05, 0.1) is 12.2 Å². The Labute approximate surface area is 120 Å². The third-order valence-electron chi connectivity index (χ3n) is 3.35. The van der Waals surface area contributed by atoms with E-state index in [1.54, 1.807) is 0 Å². The molecule has 1 saturated carbocycles. The van der Waals surface area contributed by atoms with Gasteiger partial charge in [0.1, 0.15) is 0 Å². The molecule has 2 N–H and O–H groups in total. The molecular formula is C14H27NO3S. The van der Waals surface area contributed by atoms with Crippen molar-refractivity contribution in [3.8, 4) is 0 Å². The highest BCUT2D eigenvalue weighted by atomic mass is 32.2. The minimum Gasteiger partial charge on any atom is -0.465 e. The van der Waals surface area contributed by atoms with Crippen LogP contribution in [0.5, 0.6) is 0 Å². The number of nitrogens with one attached hydrogen (secondary N) is 1. The second-order valence-corrected chi connectivity index (χ2v) is 7.43. The lowest BCUT2D eigenvalue weighted by molar-refractivity contribution is -0.0273. The van der Waals surface area contributed by atoms with Gasteiger partial charge in [0.25, 0.3) is 0 Å². The summed E-state index contributed by atoms with van der Waals surface area (Å²) >= 11 is 1.90.